The molecule has 21 heavy (non-hydrogen) atoms. The van der Waals surface area contributed by atoms with E-state index in [2.05, 4.69) is 22.6 Å². The van der Waals surface area contributed by atoms with Crippen molar-refractivity contribution in [3.8, 4) is 11.5 Å². The van der Waals surface area contributed by atoms with Crippen LogP contribution >= 0.6 is 22.6 Å². The summed E-state index contributed by atoms with van der Waals surface area (Å²) in [6, 6.07) is 18.3. The molecular weight excluding hydrogens is 379 g/mol. The number of halogens is 1. The second kappa shape index (κ2) is 5.73. The van der Waals surface area contributed by atoms with Crippen molar-refractivity contribution in [3.05, 3.63) is 69.8 Å². The van der Waals surface area contributed by atoms with Gasteiger partial charge in [0, 0.05) is 5.39 Å². The molecule has 1 N–H and O–H groups in total. The number of carboxylic acid groups (broad SMARTS) is 1. The van der Waals surface area contributed by atoms with Crippen molar-refractivity contribution in [1.82, 2.24) is 0 Å². The minimum Gasteiger partial charge on any atom is -0.478 e. The van der Waals surface area contributed by atoms with Gasteiger partial charge < -0.3 is 9.84 Å². The number of aromatic carboxylic acids is 1. The minimum atomic E-state index is -0.938. The van der Waals surface area contributed by atoms with Crippen LogP contribution in [-0.2, 0) is 0 Å². The zero-order chi connectivity index (χ0) is 14.8. The molecule has 0 atom stereocenters. The Bertz CT molecular complexity index is 827. The Morgan fingerprint density at radius 2 is 1.52 bits per heavy atom. The smallest absolute Gasteiger partial charge is 0.336 e. The zero-order valence-corrected chi connectivity index (χ0v) is 13.1. The average molecular weight is 390 g/mol. The molecule has 0 aliphatic rings. The van der Waals surface area contributed by atoms with Gasteiger partial charge in [-0.1, -0.05) is 36.4 Å². The molecule has 0 spiro atoms. The van der Waals surface area contributed by atoms with E-state index in [1.807, 2.05) is 42.5 Å². The molecule has 0 saturated carbocycles. The highest BCUT2D eigenvalue weighted by Crippen LogP contribution is 2.33. The fourth-order valence-corrected chi connectivity index (χ4v) is 2.69. The Labute approximate surface area is 135 Å². The molecule has 4 heteroatoms. The molecule has 3 aromatic rings. The lowest BCUT2D eigenvalue weighted by molar-refractivity contribution is 0.0699. The van der Waals surface area contributed by atoms with Gasteiger partial charge in [-0.15, -0.1) is 0 Å². The summed E-state index contributed by atoms with van der Waals surface area (Å²) in [6.45, 7) is 0. The monoisotopic (exact) mass is 390 g/mol. The number of fused-ring (bicyclic) bond motifs is 1. The number of carboxylic acids is 1. The highest BCUT2D eigenvalue weighted by Gasteiger charge is 2.12. The molecule has 3 rings (SSSR count). The van der Waals surface area contributed by atoms with E-state index in [9.17, 15) is 9.90 Å². The van der Waals surface area contributed by atoms with Crippen LogP contribution in [0.4, 0.5) is 0 Å². The topological polar surface area (TPSA) is 46.5 Å². The van der Waals surface area contributed by atoms with Crippen molar-refractivity contribution in [2.24, 2.45) is 0 Å². The van der Waals surface area contributed by atoms with Crippen molar-refractivity contribution in [3.63, 3.8) is 0 Å². The van der Waals surface area contributed by atoms with Gasteiger partial charge in [0.2, 0.25) is 0 Å². The van der Waals surface area contributed by atoms with Gasteiger partial charge >= 0.3 is 5.97 Å². The Kier molecular flexibility index (Phi) is 3.79. The van der Waals surface area contributed by atoms with E-state index in [0.717, 1.165) is 14.7 Å². The van der Waals surface area contributed by atoms with Crippen molar-refractivity contribution < 1.29 is 14.6 Å². The predicted molar refractivity (Wildman–Crippen MR) is 90.1 cm³/mol. The maximum atomic E-state index is 11.3. The third kappa shape index (κ3) is 2.71. The third-order valence-electron chi connectivity index (χ3n) is 3.17. The normalized spacial score (nSPS) is 10.5. The zero-order valence-electron chi connectivity index (χ0n) is 10.9. The molecule has 0 heterocycles. The first-order chi connectivity index (χ1) is 10.2. The minimum absolute atomic E-state index is 0.278. The van der Waals surface area contributed by atoms with Crippen LogP contribution in [0.3, 0.4) is 0 Å². The summed E-state index contributed by atoms with van der Waals surface area (Å²) >= 11 is 2.21. The quantitative estimate of drug-likeness (QED) is 0.645. The average Bonchev–Trinajstić information content (AvgIpc) is 2.49. The van der Waals surface area contributed by atoms with Crippen LogP contribution in [-0.4, -0.2) is 11.1 Å². The summed E-state index contributed by atoms with van der Waals surface area (Å²) in [5.74, 6) is 0.470. The number of hydrogen-bond donors (Lipinski definition) is 1. The molecule has 0 fully saturated rings. The Morgan fingerprint density at radius 1 is 0.857 bits per heavy atom. The van der Waals surface area contributed by atoms with E-state index < -0.39 is 5.97 Å². The number of carbonyl (C=O) groups is 1. The van der Waals surface area contributed by atoms with E-state index in [1.54, 1.807) is 18.2 Å². The lowest BCUT2D eigenvalue weighted by atomic mass is 10.0. The summed E-state index contributed by atoms with van der Waals surface area (Å²) in [4.78, 5) is 11.3. The lowest BCUT2D eigenvalue weighted by Gasteiger charge is -2.11. The largest absolute Gasteiger partial charge is 0.478 e. The Morgan fingerprint density at radius 3 is 2.24 bits per heavy atom. The molecule has 0 bridgehead atoms. The molecule has 0 aliphatic heterocycles. The molecule has 0 aromatic heterocycles. The molecule has 104 valence electrons. The van der Waals surface area contributed by atoms with Gasteiger partial charge in [-0.25, -0.2) is 4.79 Å². The highest BCUT2D eigenvalue weighted by atomic mass is 127. The van der Waals surface area contributed by atoms with Crippen molar-refractivity contribution in [1.29, 1.82) is 0 Å². The molecule has 0 radical (unpaired) electrons. The van der Waals surface area contributed by atoms with E-state index in [0.29, 0.717) is 11.1 Å². The summed E-state index contributed by atoms with van der Waals surface area (Å²) in [6.07, 6.45) is 0. The Hall–Kier alpha value is -2.08. The first-order valence-electron chi connectivity index (χ1n) is 6.34. The van der Waals surface area contributed by atoms with E-state index in [4.69, 9.17) is 4.74 Å². The van der Waals surface area contributed by atoms with Gasteiger partial charge in [0.25, 0.3) is 0 Å². The fourth-order valence-electron chi connectivity index (χ4n) is 2.19. The van der Waals surface area contributed by atoms with Crippen LogP contribution in [0.15, 0.2) is 60.7 Å². The molecule has 0 unspecified atom stereocenters. The van der Waals surface area contributed by atoms with E-state index in [1.165, 1.54) is 0 Å². The molecule has 0 amide bonds. The number of hydrogen-bond acceptors (Lipinski definition) is 2. The summed E-state index contributed by atoms with van der Waals surface area (Å²) in [5.41, 5.74) is 0.278. The number of rotatable bonds is 3. The van der Waals surface area contributed by atoms with Gasteiger partial charge in [0.1, 0.15) is 11.5 Å². The second-order valence-electron chi connectivity index (χ2n) is 4.49. The van der Waals surface area contributed by atoms with Crippen LogP contribution in [0.5, 0.6) is 11.5 Å². The van der Waals surface area contributed by atoms with Gasteiger partial charge in [-0.05, 0) is 52.2 Å². The molecule has 0 aliphatic carbocycles. The van der Waals surface area contributed by atoms with Crippen LogP contribution < -0.4 is 4.74 Å². The van der Waals surface area contributed by atoms with Crippen LogP contribution in [0.25, 0.3) is 10.8 Å². The summed E-state index contributed by atoms with van der Waals surface area (Å²) in [5, 5.41) is 10.7. The van der Waals surface area contributed by atoms with Crippen molar-refractivity contribution >= 4 is 39.3 Å². The van der Waals surface area contributed by atoms with Crippen molar-refractivity contribution in [2.45, 2.75) is 0 Å². The fraction of sp³-hybridized carbons (Fsp3) is 0. The van der Waals surface area contributed by atoms with Gasteiger partial charge in [0.05, 0.1) is 9.13 Å². The van der Waals surface area contributed by atoms with E-state index >= 15 is 0 Å². The molecular formula is C17H11IO3. The number of para-hydroxylation sites is 1. The van der Waals surface area contributed by atoms with Gasteiger partial charge in [0.15, 0.2) is 0 Å². The first kappa shape index (κ1) is 13.9. The van der Waals surface area contributed by atoms with Gasteiger partial charge in [-0.3, -0.25) is 0 Å². The van der Waals surface area contributed by atoms with Crippen LogP contribution in [0.2, 0.25) is 0 Å². The van der Waals surface area contributed by atoms with Gasteiger partial charge in [-0.2, -0.15) is 0 Å². The maximum Gasteiger partial charge on any atom is 0.336 e. The first-order valence-corrected chi connectivity index (χ1v) is 7.42. The lowest BCUT2D eigenvalue weighted by Crippen LogP contribution is -1.98. The Balaban J connectivity index is 2.14. The third-order valence-corrected chi connectivity index (χ3v) is 4.06. The molecule has 3 nitrogen and oxygen atoms in total. The predicted octanol–water partition coefficient (Wildman–Crippen LogP) is 4.93. The SMILES string of the molecule is O=C(O)c1ccc(Oc2ccccc2I)c2ccccc12. The van der Waals surface area contributed by atoms with Crippen LogP contribution in [0.1, 0.15) is 10.4 Å². The second-order valence-corrected chi connectivity index (χ2v) is 5.66. The molecule has 0 saturated heterocycles. The summed E-state index contributed by atoms with van der Waals surface area (Å²) in [7, 11) is 0. The maximum absolute atomic E-state index is 11.3. The highest BCUT2D eigenvalue weighted by molar-refractivity contribution is 14.1. The standard InChI is InChI=1S/C17H11IO3/c18-14-7-3-4-8-16(14)21-15-10-9-13(17(19)20)11-5-1-2-6-12(11)15/h1-10H,(H,19,20). The molecule has 3 aromatic carbocycles. The number of benzene rings is 3. The van der Waals surface area contributed by atoms with E-state index in [-0.39, 0.29) is 5.56 Å². The summed E-state index contributed by atoms with van der Waals surface area (Å²) < 4.78 is 6.96. The van der Waals surface area contributed by atoms with Crippen molar-refractivity contribution in [2.75, 3.05) is 0 Å². The number of ether oxygens (including phenoxy) is 1. The van der Waals surface area contributed by atoms with Crippen LogP contribution in [0, 0.1) is 3.57 Å².